The molecule has 0 fully saturated rings. The molecule has 3 aromatic heterocycles. The Morgan fingerprint density at radius 1 is 1.31 bits per heavy atom. The summed E-state index contributed by atoms with van der Waals surface area (Å²) in [5.41, 5.74) is 7.60. The molecule has 0 aliphatic carbocycles. The number of ether oxygens (including phenoxy) is 1. The van der Waals surface area contributed by atoms with Crippen LogP contribution < -0.4 is 15.6 Å². The first-order chi connectivity index (χ1) is 12.5. The van der Waals surface area contributed by atoms with Crippen LogP contribution in [0.4, 0.5) is 5.95 Å². The van der Waals surface area contributed by atoms with Crippen LogP contribution in [0.25, 0.3) is 5.78 Å². The van der Waals surface area contributed by atoms with Crippen LogP contribution in [-0.2, 0) is 11.2 Å². The molecule has 0 radical (unpaired) electrons. The third-order valence-corrected chi connectivity index (χ3v) is 4.24. The van der Waals surface area contributed by atoms with Gasteiger partial charge in [-0.2, -0.15) is 9.97 Å². The fourth-order valence-corrected chi connectivity index (χ4v) is 2.71. The summed E-state index contributed by atoms with van der Waals surface area (Å²) in [6, 6.07) is 1.61. The number of methoxy groups -OCH3 is 1. The van der Waals surface area contributed by atoms with Crippen molar-refractivity contribution in [1.29, 1.82) is 0 Å². The van der Waals surface area contributed by atoms with Crippen molar-refractivity contribution >= 4 is 29.4 Å². The van der Waals surface area contributed by atoms with Gasteiger partial charge in [-0.1, -0.05) is 11.8 Å². The summed E-state index contributed by atoms with van der Waals surface area (Å²) < 4.78 is 6.66. The molecular formula is C15H18N8O2S. The van der Waals surface area contributed by atoms with Gasteiger partial charge < -0.3 is 4.74 Å². The first kappa shape index (κ1) is 17.9. The third kappa shape index (κ3) is 3.67. The maximum atomic E-state index is 12.3. The van der Waals surface area contributed by atoms with Crippen LogP contribution in [-0.4, -0.2) is 48.8 Å². The zero-order valence-corrected chi connectivity index (χ0v) is 15.6. The molecule has 0 spiro atoms. The Labute approximate surface area is 153 Å². The average molecular weight is 374 g/mol. The third-order valence-electron chi connectivity index (χ3n) is 3.70. The van der Waals surface area contributed by atoms with Crippen molar-refractivity contribution in [3.63, 3.8) is 0 Å². The van der Waals surface area contributed by atoms with Crippen LogP contribution in [0.5, 0.6) is 5.88 Å². The Kier molecular flexibility index (Phi) is 5.16. The number of aromatic nitrogens is 6. The van der Waals surface area contributed by atoms with Gasteiger partial charge in [-0.05, 0) is 20.1 Å². The van der Waals surface area contributed by atoms with E-state index < -0.39 is 0 Å². The zero-order valence-electron chi connectivity index (χ0n) is 14.8. The van der Waals surface area contributed by atoms with Gasteiger partial charge in [0, 0.05) is 29.2 Å². The van der Waals surface area contributed by atoms with E-state index in [4.69, 9.17) is 4.74 Å². The van der Waals surface area contributed by atoms with Gasteiger partial charge in [0.05, 0.1) is 13.5 Å². The highest BCUT2D eigenvalue weighted by atomic mass is 32.2. The van der Waals surface area contributed by atoms with E-state index in [0.29, 0.717) is 16.8 Å². The maximum Gasteiger partial charge on any atom is 0.253 e. The molecule has 0 atom stereocenters. The number of rotatable bonds is 6. The molecule has 0 unspecified atom stereocenters. The molecule has 0 saturated carbocycles. The molecule has 3 heterocycles. The highest BCUT2D eigenvalue weighted by Gasteiger charge is 2.16. The highest BCUT2D eigenvalue weighted by Crippen LogP contribution is 2.17. The standard InChI is InChI=1S/C15H18N8O2S/c1-8-10(9(2)23-14(17-8)19-15(22-23)26-4)7-11(24)20-21-13-16-6-5-12(18-13)25-3/h5-6H,7H2,1-4H3,(H,20,24)(H,16,18,21). The normalized spacial score (nSPS) is 10.8. The summed E-state index contributed by atoms with van der Waals surface area (Å²) in [6.45, 7) is 3.74. The van der Waals surface area contributed by atoms with Crippen molar-refractivity contribution in [2.75, 3.05) is 18.8 Å². The second-order valence-corrected chi connectivity index (χ2v) is 6.12. The maximum absolute atomic E-state index is 12.3. The zero-order chi connectivity index (χ0) is 18.7. The summed E-state index contributed by atoms with van der Waals surface area (Å²) in [4.78, 5) is 29.1. The van der Waals surface area contributed by atoms with Crippen LogP contribution in [0.2, 0.25) is 0 Å². The van der Waals surface area contributed by atoms with Gasteiger partial charge in [-0.3, -0.25) is 15.6 Å². The predicted molar refractivity (Wildman–Crippen MR) is 96.1 cm³/mol. The van der Waals surface area contributed by atoms with Gasteiger partial charge in [-0.25, -0.2) is 14.5 Å². The van der Waals surface area contributed by atoms with E-state index in [1.54, 1.807) is 10.6 Å². The van der Waals surface area contributed by atoms with Gasteiger partial charge in [0.1, 0.15) is 0 Å². The average Bonchev–Trinajstić information content (AvgIpc) is 3.07. The van der Waals surface area contributed by atoms with Crippen molar-refractivity contribution in [3.05, 3.63) is 29.2 Å². The molecule has 0 aliphatic heterocycles. The van der Waals surface area contributed by atoms with E-state index in [0.717, 1.165) is 17.0 Å². The minimum Gasteiger partial charge on any atom is -0.481 e. The van der Waals surface area contributed by atoms with E-state index in [1.165, 1.54) is 25.1 Å². The quantitative estimate of drug-likeness (QED) is 0.480. The van der Waals surface area contributed by atoms with Crippen LogP contribution >= 0.6 is 11.8 Å². The van der Waals surface area contributed by atoms with Gasteiger partial charge in [0.15, 0.2) is 0 Å². The number of carbonyl (C=O) groups excluding carboxylic acids is 1. The molecule has 11 heteroatoms. The lowest BCUT2D eigenvalue weighted by Crippen LogP contribution is -2.32. The number of hydrogen-bond donors (Lipinski definition) is 2. The second kappa shape index (κ2) is 7.52. The van der Waals surface area contributed by atoms with E-state index in [-0.39, 0.29) is 18.3 Å². The second-order valence-electron chi connectivity index (χ2n) is 5.34. The summed E-state index contributed by atoms with van der Waals surface area (Å²) in [7, 11) is 1.51. The molecule has 3 rings (SSSR count). The number of carbonyl (C=O) groups is 1. The number of hydrogen-bond acceptors (Lipinski definition) is 9. The predicted octanol–water partition coefficient (Wildman–Crippen LogP) is 0.947. The van der Waals surface area contributed by atoms with E-state index in [2.05, 4.69) is 35.9 Å². The first-order valence-corrected chi connectivity index (χ1v) is 8.93. The summed E-state index contributed by atoms with van der Waals surface area (Å²) >= 11 is 1.44. The number of nitrogens with zero attached hydrogens (tertiary/aromatic N) is 6. The molecule has 2 N–H and O–H groups in total. The molecule has 10 nitrogen and oxygen atoms in total. The molecule has 0 aromatic carbocycles. The number of aryl methyl sites for hydroxylation is 2. The Balaban J connectivity index is 1.74. The number of nitrogens with one attached hydrogen (secondary N) is 2. The monoisotopic (exact) mass is 374 g/mol. The van der Waals surface area contributed by atoms with Gasteiger partial charge in [0.25, 0.3) is 5.78 Å². The van der Waals surface area contributed by atoms with Crippen molar-refractivity contribution in [1.82, 2.24) is 35.0 Å². The number of anilines is 1. The van der Waals surface area contributed by atoms with Crippen molar-refractivity contribution < 1.29 is 9.53 Å². The lowest BCUT2D eigenvalue weighted by atomic mass is 10.1. The summed E-state index contributed by atoms with van der Waals surface area (Å²) in [5, 5.41) is 5.01. The number of hydrazine groups is 1. The SMILES string of the molecule is COc1ccnc(NNC(=O)Cc2c(C)nc3nc(SC)nn3c2C)n1. The minimum atomic E-state index is -0.256. The molecule has 0 aliphatic rings. The summed E-state index contributed by atoms with van der Waals surface area (Å²) in [6.07, 6.45) is 3.56. The Morgan fingerprint density at radius 2 is 2.12 bits per heavy atom. The van der Waals surface area contributed by atoms with E-state index in [1.807, 2.05) is 20.1 Å². The van der Waals surface area contributed by atoms with E-state index >= 15 is 0 Å². The summed E-state index contributed by atoms with van der Waals surface area (Å²) in [5.74, 6) is 0.903. The van der Waals surface area contributed by atoms with Gasteiger partial charge >= 0.3 is 0 Å². The number of fused-ring (bicyclic) bond motifs is 1. The van der Waals surface area contributed by atoms with Crippen molar-refractivity contribution in [3.8, 4) is 5.88 Å². The van der Waals surface area contributed by atoms with E-state index in [9.17, 15) is 4.79 Å². The van der Waals surface area contributed by atoms with Crippen molar-refractivity contribution in [2.45, 2.75) is 25.4 Å². The van der Waals surface area contributed by atoms with Crippen molar-refractivity contribution in [2.24, 2.45) is 0 Å². The topological polar surface area (TPSA) is 119 Å². The number of thioether (sulfide) groups is 1. The molecular weight excluding hydrogens is 356 g/mol. The lowest BCUT2D eigenvalue weighted by molar-refractivity contribution is -0.120. The van der Waals surface area contributed by atoms with Gasteiger partial charge in [0.2, 0.25) is 22.9 Å². The fraction of sp³-hybridized carbons (Fsp3) is 0.333. The Hall–Kier alpha value is -2.95. The molecule has 0 bridgehead atoms. The van der Waals surface area contributed by atoms with Gasteiger partial charge in [-0.15, -0.1) is 5.10 Å². The lowest BCUT2D eigenvalue weighted by Gasteiger charge is -2.11. The molecule has 26 heavy (non-hydrogen) atoms. The first-order valence-electron chi connectivity index (χ1n) is 7.70. The molecule has 0 saturated heterocycles. The molecule has 3 aromatic rings. The van der Waals surface area contributed by atoms with Crippen LogP contribution in [0, 0.1) is 13.8 Å². The Bertz CT molecular complexity index is 958. The molecule has 1 amide bonds. The Morgan fingerprint density at radius 3 is 2.85 bits per heavy atom. The minimum absolute atomic E-state index is 0.131. The van der Waals surface area contributed by atoms with Crippen LogP contribution in [0.3, 0.4) is 0 Å². The highest BCUT2D eigenvalue weighted by molar-refractivity contribution is 7.98. The van der Waals surface area contributed by atoms with Crippen LogP contribution in [0.1, 0.15) is 17.0 Å². The number of amides is 1. The van der Waals surface area contributed by atoms with Crippen LogP contribution in [0.15, 0.2) is 17.4 Å². The largest absolute Gasteiger partial charge is 0.481 e. The smallest absolute Gasteiger partial charge is 0.253 e. The fourth-order valence-electron chi connectivity index (χ4n) is 2.38. The molecule has 136 valence electrons.